The maximum absolute atomic E-state index is 13.1. The second kappa shape index (κ2) is 3.58. The molecule has 3 rings (SSSR count). The van der Waals surface area contributed by atoms with Gasteiger partial charge in [-0.25, -0.2) is 8.78 Å². The van der Waals surface area contributed by atoms with Crippen molar-refractivity contribution in [3.63, 3.8) is 0 Å². The van der Waals surface area contributed by atoms with Crippen LogP contribution >= 0.6 is 0 Å². The molecule has 1 aromatic carbocycles. The van der Waals surface area contributed by atoms with Gasteiger partial charge in [-0.1, -0.05) is 0 Å². The predicted molar refractivity (Wildman–Crippen MR) is 57.9 cm³/mol. The molecule has 1 aromatic rings. The van der Waals surface area contributed by atoms with Crippen LogP contribution < -0.4 is 5.73 Å². The lowest BCUT2D eigenvalue weighted by atomic mass is 9.86. The molecule has 1 aliphatic heterocycles. The summed E-state index contributed by atoms with van der Waals surface area (Å²) >= 11 is 0. The van der Waals surface area contributed by atoms with E-state index in [0.29, 0.717) is 12.8 Å². The Labute approximate surface area is 101 Å². The van der Waals surface area contributed by atoms with E-state index in [9.17, 15) is 18.4 Å². The predicted octanol–water partition coefficient (Wildman–Crippen LogP) is 1.05. The van der Waals surface area contributed by atoms with Crippen LogP contribution in [0.4, 0.5) is 8.78 Å². The quantitative estimate of drug-likeness (QED) is 0.760. The molecular weight excluding hydrogens is 242 g/mol. The van der Waals surface area contributed by atoms with Gasteiger partial charge in [0.25, 0.3) is 11.8 Å². The minimum Gasteiger partial charge on any atom is -0.328 e. The number of halogens is 2. The highest BCUT2D eigenvalue weighted by molar-refractivity contribution is 6.21. The summed E-state index contributed by atoms with van der Waals surface area (Å²) in [5.41, 5.74) is 5.47. The Bertz CT molecular complexity index is 526. The SMILES string of the molecule is NC1CC(N2C(=O)c3cc(F)c(F)cc3C2=O)C1. The number of benzene rings is 1. The van der Waals surface area contributed by atoms with Gasteiger partial charge in [-0.05, 0) is 25.0 Å². The normalized spacial score (nSPS) is 26.3. The summed E-state index contributed by atoms with van der Waals surface area (Å²) in [5.74, 6) is -3.37. The van der Waals surface area contributed by atoms with Crippen LogP contribution in [0.1, 0.15) is 33.6 Å². The van der Waals surface area contributed by atoms with Gasteiger partial charge in [-0.2, -0.15) is 0 Å². The molecule has 0 bridgehead atoms. The number of fused-ring (bicyclic) bond motifs is 1. The molecule has 6 heteroatoms. The van der Waals surface area contributed by atoms with Crippen molar-refractivity contribution in [3.8, 4) is 0 Å². The van der Waals surface area contributed by atoms with Gasteiger partial charge >= 0.3 is 0 Å². The number of imide groups is 1. The van der Waals surface area contributed by atoms with E-state index in [-0.39, 0.29) is 23.2 Å². The minimum atomic E-state index is -1.12. The highest BCUT2D eigenvalue weighted by Gasteiger charge is 2.44. The fourth-order valence-corrected chi connectivity index (χ4v) is 2.42. The van der Waals surface area contributed by atoms with Crippen LogP contribution in [-0.2, 0) is 0 Å². The van der Waals surface area contributed by atoms with E-state index in [1.165, 1.54) is 0 Å². The smallest absolute Gasteiger partial charge is 0.261 e. The lowest BCUT2D eigenvalue weighted by Crippen LogP contribution is -2.52. The first-order chi connectivity index (χ1) is 8.49. The number of amides is 2. The summed E-state index contributed by atoms with van der Waals surface area (Å²) in [6, 6.07) is 1.29. The summed E-state index contributed by atoms with van der Waals surface area (Å²) < 4.78 is 26.2. The molecule has 0 atom stereocenters. The second-order valence-electron chi connectivity index (χ2n) is 4.68. The zero-order chi connectivity index (χ0) is 13.0. The summed E-state index contributed by atoms with van der Waals surface area (Å²) in [6.45, 7) is 0. The Morgan fingerprint density at radius 1 is 1.06 bits per heavy atom. The molecule has 2 aliphatic rings. The van der Waals surface area contributed by atoms with Gasteiger partial charge in [0.1, 0.15) is 0 Å². The molecule has 94 valence electrons. The molecule has 18 heavy (non-hydrogen) atoms. The number of carbonyl (C=O) groups excluding carboxylic acids is 2. The van der Waals surface area contributed by atoms with Crippen molar-refractivity contribution >= 4 is 11.8 Å². The third-order valence-corrected chi connectivity index (χ3v) is 3.47. The van der Waals surface area contributed by atoms with Gasteiger partial charge in [0, 0.05) is 12.1 Å². The number of nitrogens with zero attached hydrogens (tertiary/aromatic N) is 1. The fourth-order valence-electron chi connectivity index (χ4n) is 2.42. The first-order valence-electron chi connectivity index (χ1n) is 5.61. The molecule has 0 aromatic heterocycles. The van der Waals surface area contributed by atoms with Crippen molar-refractivity contribution in [1.29, 1.82) is 0 Å². The lowest BCUT2D eigenvalue weighted by molar-refractivity contribution is 0.0482. The number of hydrogen-bond acceptors (Lipinski definition) is 3. The van der Waals surface area contributed by atoms with Crippen LogP contribution in [0.3, 0.4) is 0 Å². The van der Waals surface area contributed by atoms with E-state index in [4.69, 9.17) is 5.73 Å². The summed E-state index contributed by atoms with van der Waals surface area (Å²) in [6.07, 6.45) is 1.08. The minimum absolute atomic E-state index is 0.0206. The number of hydrogen-bond donors (Lipinski definition) is 1. The third kappa shape index (κ3) is 1.38. The van der Waals surface area contributed by atoms with Gasteiger partial charge in [0.15, 0.2) is 11.6 Å². The summed E-state index contributed by atoms with van der Waals surface area (Å²) in [7, 11) is 0. The molecule has 1 fully saturated rings. The average molecular weight is 252 g/mol. The highest BCUT2D eigenvalue weighted by atomic mass is 19.2. The molecule has 1 aliphatic carbocycles. The van der Waals surface area contributed by atoms with Gasteiger partial charge < -0.3 is 5.73 Å². The number of rotatable bonds is 1. The Hall–Kier alpha value is -1.82. The van der Waals surface area contributed by atoms with Gasteiger partial charge in [0.2, 0.25) is 0 Å². The van der Waals surface area contributed by atoms with Crippen molar-refractivity contribution in [2.45, 2.75) is 24.9 Å². The number of carbonyl (C=O) groups is 2. The van der Waals surface area contributed by atoms with E-state index >= 15 is 0 Å². The van der Waals surface area contributed by atoms with Crippen LogP contribution in [0.2, 0.25) is 0 Å². The molecule has 2 N–H and O–H groups in total. The highest BCUT2D eigenvalue weighted by Crippen LogP contribution is 2.33. The van der Waals surface area contributed by atoms with Crippen LogP contribution in [0, 0.1) is 11.6 Å². The molecular formula is C12H10F2N2O2. The standard InChI is InChI=1S/C12H10F2N2O2/c13-9-3-7-8(4-10(9)14)12(18)16(11(7)17)6-1-5(15)2-6/h3-6H,1-2,15H2. The van der Waals surface area contributed by atoms with E-state index in [2.05, 4.69) is 0 Å². The fraction of sp³-hybridized carbons (Fsp3) is 0.333. The molecule has 4 nitrogen and oxygen atoms in total. The van der Waals surface area contributed by atoms with Gasteiger partial charge in [-0.3, -0.25) is 14.5 Å². The molecule has 0 unspecified atom stereocenters. The first-order valence-corrected chi connectivity index (χ1v) is 5.61. The van der Waals surface area contributed by atoms with Crippen LogP contribution in [0.25, 0.3) is 0 Å². The summed E-state index contributed by atoms with van der Waals surface area (Å²) in [5, 5.41) is 0. The van der Waals surface area contributed by atoms with Crippen LogP contribution in [0.5, 0.6) is 0 Å². The number of nitrogens with two attached hydrogens (primary N) is 1. The van der Waals surface area contributed by atoms with Crippen LogP contribution in [0.15, 0.2) is 12.1 Å². The lowest BCUT2D eigenvalue weighted by Gasteiger charge is -2.37. The molecule has 1 heterocycles. The summed E-state index contributed by atoms with van der Waals surface area (Å²) in [4.78, 5) is 25.0. The maximum atomic E-state index is 13.1. The zero-order valence-electron chi connectivity index (χ0n) is 9.32. The van der Waals surface area contributed by atoms with Crippen molar-refractivity contribution in [2.75, 3.05) is 0 Å². The molecule has 2 amide bonds. The largest absolute Gasteiger partial charge is 0.328 e. The van der Waals surface area contributed by atoms with Gasteiger partial charge in [0.05, 0.1) is 11.1 Å². The molecule has 0 spiro atoms. The monoisotopic (exact) mass is 252 g/mol. The maximum Gasteiger partial charge on any atom is 0.261 e. The van der Waals surface area contributed by atoms with E-state index in [1.54, 1.807) is 0 Å². The average Bonchev–Trinajstić information content (AvgIpc) is 2.50. The van der Waals surface area contributed by atoms with E-state index in [1.807, 2.05) is 0 Å². The second-order valence-corrected chi connectivity index (χ2v) is 4.68. The Morgan fingerprint density at radius 3 is 1.89 bits per heavy atom. The Morgan fingerprint density at radius 2 is 1.50 bits per heavy atom. The van der Waals surface area contributed by atoms with Crippen molar-refractivity contribution < 1.29 is 18.4 Å². The Kier molecular flexibility index (Phi) is 2.25. The molecule has 1 saturated carbocycles. The topological polar surface area (TPSA) is 63.4 Å². The third-order valence-electron chi connectivity index (χ3n) is 3.47. The van der Waals surface area contributed by atoms with Gasteiger partial charge in [-0.15, -0.1) is 0 Å². The molecule has 0 radical (unpaired) electrons. The first kappa shape index (κ1) is 11.3. The van der Waals surface area contributed by atoms with E-state index in [0.717, 1.165) is 17.0 Å². The Balaban J connectivity index is 2.00. The molecule has 0 saturated heterocycles. The van der Waals surface area contributed by atoms with Crippen molar-refractivity contribution in [3.05, 3.63) is 34.9 Å². The van der Waals surface area contributed by atoms with Crippen molar-refractivity contribution in [1.82, 2.24) is 4.90 Å². The van der Waals surface area contributed by atoms with Crippen molar-refractivity contribution in [2.24, 2.45) is 5.73 Å². The van der Waals surface area contributed by atoms with E-state index < -0.39 is 23.4 Å². The van der Waals surface area contributed by atoms with Crippen LogP contribution in [-0.4, -0.2) is 28.8 Å². The zero-order valence-corrected chi connectivity index (χ0v) is 9.32.